The number of aromatic nitrogens is 6. The first-order valence-corrected chi connectivity index (χ1v) is 14.8. The summed E-state index contributed by atoms with van der Waals surface area (Å²) in [6, 6.07) is 17.8. The van der Waals surface area contributed by atoms with Gasteiger partial charge in [0.25, 0.3) is 17.8 Å². The molecule has 0 fully saturated rings. The number of halogens is 1. The van der Waals surface area contributed by atoms with E-state index in [4.69, 9.17) is 31.6 Å². The molecular weight excluding hydrogens is 798 g/mol. The summed E-state index contributed by atoms with van der Waals surface area (Å²) in [4.78, 5) is 45.6. The van der Waals surface area contributed by atoms with Gasteiger partial charge in [-0.05, 0) is 51.1 Å². The van der Waals surface area contributed by atoms with Crippen LogP contribution in [0.5, 0.6) is 0 Å². The van der Waals surface area contributed by atoms with Crippen molar-refractivity contribution in [3.05, 3.63) is 152 Å². The number of aryl methyl sites for hydroxylation is 3. The second-order valence-corrected chi connectivity index (χ2v) is 10.3. The SMILES string of the molecule is C.Cc1cn(-c2ccc(N)cc2C#N)cn1.Cc1cn(-c2ccc([N+](=O)[O-])cc2C#N)cn1.Cc1cnc[nH]1.N#Cc1cc([N+](=O)[O-])ccc1F.O=CO[O-].[H-].[K+].[K+]. The van der Waals surface area contributed by atoms with Gasteiger partial charge < -0.3 is 31.4 Å². The standard InChI is InChI=1S/C11H8N4O2.C11H10N4.C7H3FN2O2.C4H6N2.CH2O3.CH4.2K.H/c1-8-6-14(7-13-8)11-3-2-10(15(16)17)4-9(11)5-12;1-8-6-15(7-14-8)11-3-2-10(13)4-9(11)5-12;8-7-2-1-6(10(11)12)3-5(7)4-9;1-4-2-5-3-6-4;2-1-4-3;;;;/h2-4,6-7H,1H3;2-4,6-7H,13H2,1H3;1-3H;2-3H,1H3,(H,5,6);1,3H;1H4;;;/q;;;;;;2*+1;-1/p-1. The Morgan fingerprint density at radius 1 is 0.825 bits per heavy atom. The first-order chi connectivity index (χ1) is 25.8. The Bertz CT molecular complexity index is 2340. The summed E-state index contributed by atoms with van der Waals surface area (Å²) < 4.78 is 16.1. The molecule has 3 aromatic carbocycles. The monoisotopic (exact) mass is 830 g/mol. The smallest absolute Gasteiger partial charge is 1.00 e. The van der Waals surface area contributed by atoms with Crippen LogP contribution in [-0.2, 0) is 9.68 Å². The Morgan fingerprint density at radius 3 is 1.61 bits per heavy atom. The van der Waals surface area contributed by atoms with Gasteiger partial charge in [-0.1, -0.05) is 7.43 Å². The average molecular weight is 831 g/mol. The molecule has 0 atom stereocenters. The van der Waals surface area contributed by atoms with Crippen molar-refractivity contribution in [3.8, 4) is 29.6 Å². The van der Waals surface area contributed by atoms with Gasteiger partial charge in [-0.3, -0.25) is 25.0 Å². The minimum absolute atomic E-state index is 0. The van der Waals surface area contributed by atoms with Crippen LogP contribution in [0.15, 0.2) is 92.2 Å². The first-order valence-electron chi connectivity index (χ1n) is 14.8. The van der Waals surface area contributed by atoms with E-state index in [2.05, 4.69) is 30.9 Å². The second kappa shape index (κ2) is 28.4. The van der Waals surface area contributed by atoms with Gasteiger partial charge in [0.1, 0.15) is 24.0 Å². The average Bonchev–Trinajstić information content (AvgIpc) is 3.95. The Morgan fingerprint density at radius 2 is 1.26 bits per heavy atom. The molecule has 3 heterocycles. The molecule has 57 heavy (non-hydrogen) atoms. The Balaban J connectivity index is -0.000000684. The maximum atomic E-state index is 12.6. The Hall–Kier alpha value is -5.01. The maximum Gasteiger partial charge on any atom is 1.00 e. The summed E-state index contributed by atoms with van der Waals surface area (Å²) >= 11 is 0. The Kier molecular flexibility index (Phi) is 26.9. The van der Waals surface area contributed by atoms with Crippen LogP contribution in [0.2, 0.25) is 0 Å². The fourth-order valence-corrected chi connectivity index (χ4v) is 3.96. The number of carbonyl (C=O) groups excluding carboxylic acids is 1. The van der Waals surface area contributed by atoms with E-state index in [0.717, 1.165) is 41.0 Å². The number of benzene rings is 3. The van der Waals surface area contributed by atoms with Crippen molar-refractivity contribution in [2.75, 3.05) is 5.73 Å². The molecule has 0 saturated carbocycles. The molecule has 6 rings (SSSR count). The van der Waals surface area contributed by atoms with Crippen LogP contribution in [0.1, 0.15) is 42.6 Å². The molecule has 19 nitrogen and oxygen atoms in total. The third-order valence-corrected chi connectivity index (χ3v) is 6.39. The molecule has 6 aromatic rings. The van der Waals surface area contributed by atoms with Gasteiger partial charge in [-0.2, -0.15) is 15.8 Å². The van der Waals surface area contributed by atoms with Gasteiger partial charge in [-0.25, -0.2) is 19.3 Å². The van der Waals surface area contributed by atoms with Gasteiger partial charge in [0.05, 0.1) is 68.3 Å². The number of nitrogen functional groups attached to an aromatic ring is 1. The first kappa shape index (κ1) is 54.1. The van der Waals surface area contributed by atoms with Crippen LogP contribution in [0, 0.1) is 80.8 Å². The van der Waals surface area contributed by atoms with Crippen molar-refractivity contribution in [3.63, 3.8) is 0 Å². The topological polar surface area (TPSA) is 297 Å². The molecule has 0 aliphatic carbocycles. The number of nitro groups is 2. The zero-order valence-electron chi connectivity index (χ0n) is 31.5. The van der Waals surface area contributed by atoms with Crippen LogP contribution < -0.4 is 114 Å². The van der Waals surface area contributed by atoms with Crippen molar-refractivity contribution >= 4 is 23.5 Å². The van der Waals surface area contributed by atoms with Crippen LogP contribution in [0.25, 0.3) is 11.4 Å². The van der Waals surface area contributed by atoms with E-state index in [9.17, 15) is 24.6 Å². The van der Waals surface area contributed by atoms with Gasteiger partial charge in [0.15, 0.2) is 0 Å². The number of anilines is 1. The van der Waals surface area contributed by atoms with Crippen molar-refractivity contribution in [2.24, 2.45) is 0 Å². The van der Waals surface area contributed by atoms with E-state index in [-0.39, 0.29) is 141 Å². The predicted molar refractivity (Wildman–Crippen MR) is 193 cm³/mol. The third kappa shape index (κ3) is 18.2. The van der Waals surface area contributed by atoms with Crippen LogP contribution >= 0.6 is 0 Å². The van der Waals surface area contributed by atoms with Crippen molar-refractivity contribution in [2.45, 2.75) is 28.2 Å². The van der Waals surface area contributed by atoms with E-state index in [1.807, 2.05) is 43.7 Å². The summed E-state index contributed by atoms with van der Waals surface area (Å²) in [6.07, 6.45) is 10.3. The molecule has 3 N–H and O–H groups in total. The number of aromatic amines is 1. The number of nitrogens with two attached hydrogens (primary N) is 1. The normalized spacial score (nSPS) is 8.74. The van der Waals surface area contributed by atoms with Crippen molar-refractivity contribution in [1.29, 1.82) is 15.8 Å². The molecule has 0 saturated heterocycles. The van der Waals surface area contributed by atoms with Gasteiger partial charge in [-0.15, -0.1) is 0 Å². The number of imidazole rings is 3. The zero-order chi connectivity index (χ0) is 40.2. The van der Waals surface area contributed by atoms with E-state index in [1.165, 1.54) is 24.3 Å². The molecule has 0 radical (unpaired) electrons. The van der Waals surface area contributed by atoms with E-state index in [1.54, 1.807) is 48.1 Å². The molecule has 0 spiro atoms. The number of carbonyl (C=O) groups is 1. The summed E-state index contributed by atoms with van der Waals surface area (Å²) in [6.45, 7) is 5.51. The van der Waals surface area contributed by atoms with Crippen LogP contribution in [-0.4, -0.2) is 45.4 Å². The van der Waals surface area contributed by atoms with Gasteiger partial charge >= 0.3 is 103 Å². The quantitative estimate of drug-likeness (QED) is 0.0532. The van der Waals surface area contributed by atoms with Gasteiger partial charge in [0, 0.05) is 54.2 Å². The number of hydrogen-bond acceptors (Lipinski definition) is 14. The van der Waals surface area contributed by atoms with Crippen LogP contribution in [0.4, 0.5) is 21.5 Å². The van der Waals surface area contributed by atoms with Crippen LogP contribution in [0.3, 0.4) is 0 Å². The van der Waals surface area contributed by atoms with E-state index >= 15 is 0 Å². The minimum atomic E-state index is -0.747. The summed E-state index contributed by atoms with van der Waals surface area (Å²) in [5.41, 5.74) is 10.5. The molecule has 0 aliphatic rings. The molecule has 284 valence electrons. The molecule has 22 heteroatoms. The molecular formula is C35H33FK2N12O7. The number of rotatable bonds is 5. The van der Waals surface area contributed by atoms with Crippen molar-refractivity contribution < 1.29 is 133 Å². The number of nitriles is 3. The summed E-state index contributed by atoms with van der Waals surface area (Å²) in [7, 11) is 0. The second-order valence-electron chi connectivity index (χ2n) is 10.3. The minimum Gasteiger partial charge on any atom is -1.00 e. The predicted octanol–water partition coefficient (Wildman–Crippen LogP) is -0.890. The summed E-state index contributed by atoms with van der Waals surface area (Å²) in [5, 5.41) is 55.5. The van der Waals surface area contributed by atoms with E-state index in [0.29, 0.717) is 16.9 Å². The van der Waals surface area contributed by atoms with E-state index < -0.39 is 15.7 Å². The van der Waals surface area contributed by atoms with Crippen molar-refractivity contribution in [1.82, 2.24) is 29.1 Å². The fraction of sp³-hybridized carbons (Fsp3) is 0.114. The number of nitrogens with zero attached hydrogens (tertiary/aromatic N) is 10. The number of nitro benzene ring substituents is 2. The number of nitrogens with one attached hydrogen (secondary N) is 1. The number of hydrogen-bond donors (Lipinski definition) is 2. The molecule has 3 aromatic heterocycles. The number of non-ortho nitro benzene ring substituents is 2. The molecule has 0 amide bonds. The Labute approximate surface area is 412 Å². The zero-order valence-corrected chi connectivity index (χ0v) is 36.8. The third-order valence-electron chi connectivity index (χ3n) is 6.39. The molecule has 0 bridgehead atoms. The molecule has 0 aliphatic heterocycles. The molecule has 0 unspecified atom stereocenters. The maximum absolute atomic E-state index is 12.6. The van der Waals surface area contributed by atoms with Gasteiger partial charge in [0.2, 0.25) is 0 Å². The number of H-pyrrole nitrogens is 1. The fourth-order valence-electron chi connectivity index (χ4n) is 3.96. The summed E-state index contributed by atoms with van der Waals surface area (Å²) in [5.74, 6) is -0.747. The largest absolute Gasteiger partial charge is 1.00 e.